The van der Waals surface area contributed by atoms with Crippen molar-refractivity contribution in [1.82, 2.24) is 15.5 Å². The number of carbonyl (C=O) groups is 2. The lowest BCUT2D eigenvalue weighted by Crippen LogP contribution is -2.45. The SMILES string of the molecule is COc1cc2c(cc1OC)CN(C(=O)NCCC(=O)N[C@H]1CCCC[C@@H]1C)CC2. The first-order valence-corrected chi connectivity index (χ1v) is 10.6. The number of carbonyl (C=O) groups excluding carboxylic acids is 2. The summed E-state index contributed by atoms with van der Waals surface area (Å²) in [6.07, 6.45) is 5.74. The second kappa shape index (κ2) is 9.85. The molecule has 2 N–H and O–H groups in total. The van der Waals surface area contributed by atoms with Crippen LogP contribution in [0.5, 0.6) is 11.5 Å². The van der Waals surface area contributed by atoms with E-state index in [9.17, 15) is 9.59 Å². The highest BCUT2D eigenvalue weighted by Gasteiger charge is 2.24. The smallest absolute Gasteiger partial charge is 0.317 e. The molecular formula is C22H33N3O4. The number of ether oxygens (including phenoxy) is 2. The third-order valence-electron chi connectivity index (χ3n) is 6.09. The van der Waals surface area contributed by atoms with Crippen LogP contribution in [0.1, 0.15) is 50.2 Å². The Balaban J connectivity index is 1.46. The molecule has 1 aromatic rings. The lowest BCUT2D eigenvalue weighted by Gasteiger charge is -2.30. The second-order valence-corrected chi connectivity index (χ2v) is 8.07. The minimum atomic E-state index is -0.135. The molecular weight excluding hydrogens is 370 g/mol. The molecule has 0 bridgehead atoms. The molecule has 29 heavy (non-hydrogen) atoms. The predicted octanol–water partition coefficient (Wildman–Crippen LogP) is 2.86. The maximum Gasteiger partial charge on any atom is 0.317 e. The van der Waals surface area contributed by atoms with Gasteiger partial charge in [-0.25, -0.2) is 4.79 Å². The van der Waals surface area contributed by atoms with Gasteiger partial charge in [0.1, 0.15) is 0 Å². The molecule has 1 saturated carbocycles. The lowest BCUT2D eigenvalue weighted by atomic mass is 9.86. The molecule has 2 aliphatic rings. The molecule has 1 aliphatic heterocycles. The fourth-order valence-electron chi connectivity index (χ4n) is 4.26. The molecule has 0 unspecified atom stereocenters. The topological polar surface area (TPSA) is 79.9 Å². The van der Waals surface area contributed by atoms with Gasteiger partial charge in [-0.1, -0.05) is 19.8 Å². The molecule has 7 heteroatoms. The third kappa shape index (κ3) is 5.34. The summed E-state index contributed by atoms with van der Waals surface area (Å²) in [5, 5.41) is 6.01. The van der Waals surface area contributed by atoms with Crippen LogP contribution in [-0.2, 0) is 17.8 Å². The Labute approximate surface area is 173 Å². The molecule has 7 nitrogen and oxygen atoms in total. The number of fused-ring (bicyclic) bond motifs is 1. The zero-order chi connectivity index (χ0) is 20.8. The van der Waals surface area contributed by atoms with E-state index in [4.69, 9.17) is 9.47 Å². The molecule has 3 amide bonds. The van der Waals surface area contributed by atoms with Crippen LogP contribution < -0.4 is 20.1 Å². The van der Waals surface area contributed by atoms with Crippen molar-refractivity contribution in [3.05, 3.63) is 23.3 Å². The Morgan fingerprint density at radius 2 is 1.79 bits per heavy atom. The van der Waals surface area contributed by atoms with Gasteiger partial charge in [-0.05, 0) is 48.4 Å². The molecule has 1 fully saturated rings. The van der Waals surface area contributed by atoms with Gasteiger partial charge >= 0.3 is 6.03 Å². The summed E-state index contributed by atoms with van der Waals surface area (Å²) in [5.41, 5.74) is 2.24. The van der Waals surface area contributed by atoms with Crippen LogP contribution in [0.25, 0.3) is 0 Å². The minimum absolute atomic E-state index is 0.0184. The van der Waals surface area contributed by atoms with E-state index >= 15 is 0 Å². The molecule has 1 aromatic carbocycles. The van der Waals surface area contributed by atoms with Crippen LogP contribution in [-0.4, -0.2) is 50.2 Å². The molecule has 0 saturated heterocycles. The Morgan fingerprint density at radius 3 is 2.48 bits per heavy atom. The maximum atomic E-state index is 12.5. The Hall–Kier alpha value is -2.44. The van der Waals surface area contributed by atoms with Gasteiger partial charge in [0, 0.05) is 32.1 Å². The average Bonchev–Trinajstić information content (AvgIpc) is 2.73. The van der Waals surface area contributed by atoms with E-state index in [1.54, 1.807) is 19.1 Å². The van der Waals surface area contributed by atoms with Gasteiger partial charge in [-0.3, -0.25) is 4.79 Å². The molecule has 2 atom stereocenters. The van der Waals surface area contributed by atoms with E-state index in [1.165, 1.54) is 24.8 Å². The predicted molar refractivity (Wildman–Crippen MR) is 111 cm³/mol. The Morgan fingerprint density at radius 1 is 1.10 bits per heavy atom. The van der Waals surface area contributed by atoms with E-state index < -0.39 is 0 Å². The molecule has 3 rings (SSSR count). The number of amides is 3. The Bertz CT molecular complexity index is 737. The highest BCUT2D eigenvalue weighted by molar-refractivity contribution is 5.78. The van der Waals surface area contributed by atoms with Crippen molar-refractivity contribution in [2.75, 3.05) is 27.3 Å². The highest BCUT2D eigenvalue weighted by atomic mass is 16.5. The fourth-order valence-corrected chi connectivity index (χ4v) is 4.26. The van der Waals surface area contributed by atoms with E-state index in [0.717, 1.165) is 18.4 Å². The van der Waals surface area contributed by atoms with E-state index in [0.29, 0.717) is 43.5 Å². The number of methoxy groups -OCH3 is 2. The van der Waals surface area contributed by atoms with E-state index in [1.807, 2.05) is 12.1 Å². The normalized spacial score (nSPS) is 21.1. The van der Waals surface area contributed by atoms with Gasteiger partial charge in [-0.2, -0.15) is 0 Å². The van der Waals surface area contributed by atoms with Crippen molar-refractivity contribution in [3.8, 4) is 11.5 Å². The van der Waals surface area contributed by atoms with Crippen molar-refractivity contribution >= 4 is 11.9 Å². The van der Waals surface area contributed by atoms with E-state index in [2.05, 4.69) is 17.6 Å². The summed E-state index contributed by atoms with van der Waals surface area (Å²) in [4.78, 5) is 26.5. The summed E-state index contributed by atoms with van der Waals surface area (Å²) in [7, 11) is 3.23. The summed E-state index contributed by atoms with van der Waals surface area (Å²) < 4.78 is 10.7. The van der Waals surface area contributed by atoms with Gasteiger partial charge in [0.05, 0.1) is 14.2 Å². The van der Waals surface area contributed by atoms with Crippen molar-refractivity contribution in [3.63, 3.8) is 0 Å². The molecule has 1 heterocycles. The first-order valence-electron chi connectivity index (χ1n) is 10.6. The quantitative estimate of drug-likeness (QED) is 0.765. The summed E-state index contributed by atoms with van der Waals surface area (Å²) in [6, 6.07) is 4.06. The first-order chi connectivity index (χ1) is 14.0. The summed E-state index contributed by atoms with van der Waals surface area (Å²) in [6.45, 7) is 3.71. The molecule has 0 spiro atoms. The van der Waals surface area contributed by atoms with Crippen molar-refractivity contribution in [2.45, 2.75) is 58.0 Å². The third-order valence-corrected chi connectivity index (χ3v) is 6.09. The van der Waals surface area contributed by atoms with Crippen LogP contribution in [0.15, 0.2) is 12.1 Å². The molecule has 0 aromatic heterocycles. The van der Waals surface area contributed by atoms with Crippen LogP contribution in [0.2, 0.25) is 0 Å². The number of rotatable bonds is 6. The van der Waals surface area contributed by atoms with Crippen molar-refractivity contribution < 1.29 is 19.1 Å². The summed E-state index contributed by atoms with van der Waals surface area (Å²) in [5.74, 6) is 1.93. The minimum Gasteiger partial charge on any atom is -0.493 e. The van der Waals surface area contributed by atoms with Crippen LogP contribution in [0, 0.1) is 5.92 Å². The zero-order valence-corrected chi connectivity index (χ0v) is 17.8. The van der Waals surface area contributed by atoms with Gasteiger partial charge in [0.15, 0.2) is 11.5 Å². The number of benzene rings is 1. The average molecular weight is 404 g/mol. The number of hydrogen-bond donors (Lipinski definition) is 2. The van der Waals surface area contributed by atoms with Crippen LogP contribution in [0.4, 0.5) is 4.79 Å². The Kier molecular flexibility index (Phi) is 7.23. The molecule has 1 aliphatic carbocycles. The van der Waals surface area contributed by atoms with Crippen molar-refractivity contribution in [1.29, 1.82) is 0 Å². The van der Waals surface area contributed by atoms with Crippen LogP contribution in [0.3, 0.4) is 0 Å². The van der Waals surface area contributed by atoms with Gasteiger partial charge in [0.2, 0.25) is 5.91 Å². The maximum absolute atomic E-state index is 12.5. The molecule has 160 valence electrons. The van der Waals surface area contributed by atoms with Gasteiger partial charge in [0.25, 0.3) is 0 Å². The first kappa shape index (κ1) is 21.3. The number of nitrogens with one attached hydrogen (secondary N) is 2. The number of urea groups is 1. The van der Waals surface area contributed by atoms with Gasteiger partial charge in [-0.15, -0.1) is 0 Å². The lowest BCUT2D eigenvalue weighted by molar-refractivity contribution is -0.122. The van der Waals surface area contributed by atoms with Gasteiger partial charge < -0.3 is 25.0 Å². The van der Waals surface area contributed by atoms with E-state index in [-0.39, 0.29) is 18.0 Å². The summed E-state index contributed by atoms with van der Waals surface area (Å²) >= 11 is 0. The fraction of sp³-hybridized carbons (Fsp3) is 0.636. The number of nitrogens with zero attached hydrogens (tertiary/aromatic N) is 1. The number of hydrogen-bond acceptors (Lipinski definition) is 4. The second-order valence-electron chi connectivity index (χ2n) is 8.07. The van der Waals surface area contributed by atoms with Crippen LogP contribution >= 0.6 is 0 Å². The van der Waals surface area contributed by atoms with Crippen molar-refractivity contribution in [2.24, 2.45) is 5.92 Å². The highest BCUT2D eigenvalue weighted by Crippen LogP contribution is 2.33. The molecule has 0 radical (unpaired) electrons. The zero-order valence-electron chi connectivity index (χ0n) is 17.8. The largest absolute Gasteiger partial charge is 0.493 e. The monoisotopic (exact) mass is 403 g/mol. The standard InChI is InChI=1S/C22H33N3O4/c1-15-6-4-5-7-18(15)24-21(26)8-10-23-22(27)25-11-9-16-12-19(28-2)20(29-3)13-17(16)14-25/h12-13,15,18H,4-11,14H2,1-3H3,(H,23,27)(H,24,26)/t15-,18-/m0/s1.